The SMILES string of the molecule is O=C(Cn1ccc2ccccc21)N1CCOCC1. The molecule has 0 spiro atoms. The molecule has 4 nitrogen and oxygen atoms in total. The van der Waals surface area contributed by atoms with Gasteiger partial charge in [-0.05, 0) is 17.5 Å². The van der Waals surface area contributed by atoms with Crippen LogP contribution in [0.1, 0.15) is 0 Å². The van der Waals surface area contributed by atoms with Gasteiger partial charge in [0.25, 0.3) is 0 Å². The van der Waals surface area contributed by atoms with E-state index in [9.17, 15) is 4.79 Å². The number of carbonyl (C=O) groups is 1. The zero-order chi connectivity index (χ0) is 12.4. The molecular formula is C14H16N2O2. The summed E-state index contributed by atoms with van der Waals surface area (Å²) in [5.41, 5.74) is 1.11. The number of rotatable bonds is 2. The van der Waals surface area contributed by atoms with Crippen LogP contribution in [0.4, 0.5) is 0 Å². The van der Waals surface area contributed by atoms with Crippen LogP contribution < -0.4 is 0 Å². The number of fused-ring (bicyclic) bond motifs is 1. The molecule has 4 heteroatoms. The number of benzene rings is 1. The lowest BCUT2D eigenvalue weighted by Gasteiger charge is -2.27. The number of para-hydroxylation sites is 1. The minimum absolute atomic E-state index is 0.166. The molecule has 0 N–H and O–H groups in total. The second-order valence-electron chi connectivity index (χ2n) is 4.50. The fourth-order valence-electron chi connectivity index (χ4n) is 2.34. The Labute approximate surface area is 106 Å². The Morgan fingerprint density at radius 2 is 1.94 bits per heavy atom. The average molecular weight is 244 g/mol. The molecule has 1 amide bonds. The maximum atomic E-state index is 12.2. The molecule has 1 aromatic carbocycles. The summed E-state index contributed by atoms with van der Waals surface area (Å²) in [6, 6.07) is 10.2. The number of morpholine rings is 1. The van der Waals surface area contributed by atoms with Gasteiger partial charge in [0.05, 0.1) is 13.2 Å². The highest BCUT2D eigenvalue weighted by Gasteiger charge is 2.17. The second kappa shape index (κ2) is 4.82. The molecule has 1 fully saturated rings. The summed E-state index contributed by atoms with van der Waals surface area (Å²) >= 11 is 0. The first-order valence-electron chi connectivity index (χ1n) is 6.24. The van der Waals surface area contributed by atoms with Gasteiger partial charge < -0.3 is 14.2 Å². The van der Waals surface area contributed by atoms with Crippen LogP contribution in [-0.4, -0.2) is 41.7 Å². The minimum Gasteiger partial charge on any atom is -0.378 e. The zero-order valence-corrected chi connectivity index (χ0v) is 10.2. The number of hydrogen-bond acceptors (Lipinski definition) is 2. The maximum Gasteiger partial charge on any atom is 0.242 e. The van der Waals surface area contributed by atoms with Gasteiger partial charge in [0.1, 0.15) is 6.54 Å². The van der Waals surface area contributed by atoms with Crippen LogP contribution in [0, 0.1) is 0 Å². The van der Waals surface area contributed by atoms with Crippen LogP contribution in [-0.2, 0) is 16.1 Å². The largest absolute Gasteiger partial charge is 0.378 e. The molecule has 0 saturated carbocycles. The Morgan fingerprint density at radius 3 is 2.78 bits per heavy atom. The van der Waals surface area contributed by atoms with Crippen LogP contribution in [0.3, 0.4) is 0 Å². The van der Waals surface area contributed by atoms with Gasteiger partial charge in [0.15, 0.2) is 0 Å². The molecule has 1 aliphatic rings. The van der Waals surface area contributed by atoms with E-state index >= 15 is 0 Å². The molecule has 0 atom stereocenters. The van der Waals surface area contributed by atoms with Gasteiger partial charge in [0.2, 0.25) is 5.91 Å². The van der Waals surface area contributed by atoms with Crippen LogP contribution in [0.5, 0.6) is 0 Å². The van der Waals surface area contributed by atoms with E-state index < -0.39 is 0 Å². The molecule has 1 aromatic heterocycles. The van der Waals surface area contributed by atoms with Gasteiger partial charge in [-0.25, -0.2) is 0 Å². The predicted octanol–water partition coefficient (Wildman–Crippen LogP) is 1.50. The van der Waals surface area contributed by atoms with E-state index in [1.807, 2.05) is 39.9 Å². The standard InChI is InChI=1S/C14H16N2O2/c17-14(15-7-9-18-10-8-15)11-16-6-5-12-3-1-2-4-13(12)16/h1-6H,7-11H2. The number of nitrogens with zero attached hydrogens (tertiary/aromatic N) is 2. The summed E-state index contributed by atoms with van der Waals surface area (Å²) in [4.78, 5) is 14.0. The first kappa shape index (κ1) is 11.3. The molecule has 0 radical (unpaired) electrons. The molecule has 94 valence electrons. The summed E-state index contributed by atoms with van der Waals surface area (Å²) < 4.78 is 7.26. The Hall–Kier alpha value is -1.81. The highest BCUT2D eigenvalue weighted by Crippen LogP contribution is 2.15. The summed E-state index contributed by atoms with van der Waals surface area (Å²) in [5.74, 6) is 0.166. The average Bonchev–Trinajstić information content (AvgIpc) is 2.83. The van der Waals surface area contributed by atoms with E-state index in [1.165, 1.54) is 5.39 Å². The normalized spacial score (nSPS) is 16.1. The van der Waals surface area contributed by atoms with Crippen molar-refractivity contribution >= 4 is 16.8 Å². The van der Waals surface area contributed by atoms with E-state index in [0.29, 0.717) is 32.8 Å². The van der Waals surface area contributed by atoms with E-state index in [1.54, 1.807) is 0 Å². The van der Waals surface area contributed by atoms with Crippen molar-refractivity contribution in [2.75, 3.05) is 26.3 Å². The van der Waals surface area contributed by atoms with E-state index in [2.05, 4.69) is 6.07 Å². The van der Waals surface area contributed by atoms with Crippen molar-refractivity contribution in [3.05, 3.63) is 36.5 Å². The van der Waals surface area contributed by atoms with E-state index in [0.717, 1.165) is 5.52 Å². The smallest absolute Gasteiger partial charge is 0.242 e. The fourth-order valence-corrected chi connectivity index (χ4v) is 2.34. The topological polar surface area (TPSA) is 34.5 Å². The van der Waals surface area contributed by atoms with E-state index in [-0.39, 0.29) is 5.91 Å². The van der Waals surface area contributed by atoms with Crippen LogP contribution >= 0.6 is 0 Å². The molecule has 0 bridgehead atoms. The molecule has 18 heavy (non-hydrogen) atoms. The van der Waals surface area contributed by atoms with Gasteiger partial charge in [0, 0.05) is 24.8 Å². The quantitative estimate of drug-likeness (QED) is 0.802. The Balaban J connectivity index is 1.77. The monoisotopic (exact) mass is 244 g/mol. The lowest BCUT2D eigenvalue weighted by Crippen LogP contribution is -2.42. The molecule has 2 heterocycles. The molecule has 1 aliphatic heterocycles. The minimum atomic E-state index is 0.166. The lowest BCUT2D eigenvalue weighted by atomic mass is 10.2. The zero-order valence-electron chi connectivity index (χ0n) is 10.2. The van der Waals surface area contributed by atoms with Crippen molar-refractivity contribution in [1.82, 2.24) is 9.47 Å². The summed E-state index contributed by atoms with van der Waals surface area (Å²) in [6.45, 7) is 3.12. The summed E-state index contributed by atoms with van der Waals surface area (Å²) in [6.07, 6.45) is 1.98. The highest BCUT2D eigenvalue weighted by molar-refractivity contribution is 5.83. The highest BCUT2D eigenvalue weighted by atomic mass is 16.5. The van der Waals surface area contributed by atoms with Gasteiger partial charge in [-0.3, -0.25) is 4.79 Å². The third-order valence-electron chi connectivity index (χ3n) is 3.35. The van der Waals surface area contributed by atoms with Crippen molar-refractivity contribution in [2.24, 2.45) is 0 Å². The van der Waals surface area contributed by atoms with Gasteiger partial charge >= 0.3 is 0 Å². The van der Waals surface area contributed by atoms with Crippen molar-refractivity contribution < 1.29 is 9.53 Å². The Kier molecular flexibility index (Phi) is 3.02. The third kappa shape index (κ3) is 2.11. The molecular weight excluding hydrogens is 228 g/mol. The molecule has 0 unspecified atom stereocenters. The van der Waals surface area contributed by atoms with E-state index in [4.69, 9.17) is 4.74 Å². The van der Waals surface area contributed by atoms with Gasteiger partial charge in [-0.2, -0.15) is 0 Å². The summed E-state index contributed by atoms with van der Waals surface area (Å²) in [7, 11) is 0. The second-order valence-corrected chi connectivity index (χ2v) is 4.50. The van der Waals surface area contributed by atoms with Crippen LogP contribution in [0.2, 0.25) is 0 Å². The number of ether oxygens (including phenoxy) is 1. The van der Waals surface area contributed by atoms with Crippen molar-refractivity contribution in [2.45, 2.75) is 6.54 Å². The van der Waals surface area contributed by atoms with Crippen LogP contribution in [0.25, 0.3) is 10.9 Å². The predicted molar refractivity (Wildman–Crippen MR) is 69.3 cm³/mol. The summed E-state index contributed by atoms with van der Waals surface area (Å²) in [5, 5.41) is 1.17. The molecule has 3 rings (SSSR count). The first-order chi connectivity index (χ1) is 8.84. The molecule has 0 aliphatic carbocycles. The number of hydrogen-bond donors (Lipinski definition) is 0. The number of carbonyl (C=O) groups excluding carboxylic acids is 1. The van der Waals surface area contributed by atoms with Crippen molar-refractivity contribution in [3.8, 4) is 0 Å². The Morgan fingerprint density at radius 1 is 1.17 bits per heavy atom. The Bertz CT molecular complexity index is 556. The fraction of sp³-hybridized carbons (Fsp3) is 0.357. The van der Waals surface area contributed by atoms with Crippen LogP contribution in [0.15, 0.2) is 36.5 Å². The first-order valence-corrected chi connectivity index (χ1v) is 6.24. The van der Waals surface area contributed by atoms with Gasteiger partial charge in [-0.15, -0.1) is 0 Å². The maximum absolute atomic E-state index is 12.2. The molecule has 1 saturated heterocycles. The molecule has 2 aromatic rings. The van der Waals surface area contributed by atoms with Gasteiger partial charge in [-0.1, -0.05) is 18.2 Å². The van der Waals surface area contributed by atoms with Crippen molar-refractivity contribution in [1.29, 1.82) is 0 Å². The number of aromatic nitrogens is 1. The lowest BCUT2D eigenvalue weighted by molar-refractivity contribution is -0.135. The van der Waals surface area contributed by atoms with Crippen molar-refractivity contribution in [3.63, 3.8) is 0 Å². The third-order valence-corrected chi connectivity index (χ3v) is 3.35. The number of amides is 1.